The summed E-state index contributed by atoms with van der Waals surface area (Å²) in [5.41, 5.74) is 8.36. The smallest absolute Gasteiger partial charge is 0.145 e. The number of benzene rings is 1. The van der Waals surface area contributed by atoms with Gasteiger partial charge in [0.15, 0.2) is 0 Å². The number of hydrogen-bond acceptors (Lipinski definition) is 4. The van der Waals surface area contributed by atoms with Crippen LogP contribution >= 0.6 is 0 Å². The first-order valence-electron chi connectivity index (χ1n) is 5.10. The van der Waals surface area contributed by atoms with Gasteiger partial charge in [-0.25, -0.2) is 9.67 Å². The molecule has 0 bridgehead atoms. The van der Waals surface area contributed by atoms with Gasteiger partial charge in [-0.2, -0.15) is 10.2 Å². The van der Waals surface area contributed by atoms with Gasteiger partial charge < -0.3 is 5.73 Å². The first-order valence-corrected chi connectivity index (χ1v) is 5.10. The number of nitrogens with two attached hydrogens (primary N) is 1. The zero-order valence-corrected chi connectivity index (χ0v) is 8.91. The topological polar surface area (TPSA) is 85.4 Å². The van der Waals surface area contributed by atoms with E-state index >= 15 is 0 Å². The Balaban J connectivity index is 2.17. The minimum absolute atomic E-state index is 0.466. The van der Waals surface area contributed by atoms with E-state index in [1.165, 1.54) is 6.33 Å². The van der Waals surface area contributed by atoms with Gasteiger partial charge in [0.05, 0.1) is 11.4 Å². The van der Waals surface area contributed by atoms with Crippen LogP contribution in [0.5, 0.6) is 0 Å². The summed E-state index contributed by atoms with van der Waals surface area (Å²) in [5.74, 6) is 0.466. The fourth-order valence-electron chi connectivity index (χ4n) is 1.71. The van der Waals surface area contributed by atoms with Crippen molar-refractivity contribution < 1.29 is 0 Å². The van der Waals surface area contributed by atoms with Gasteiger partial charge in [0, 0.05) is 11.6 Å². The molecule has 2 aromatic heterocycles. The van der Waals surface area contributed by atoms with Crippen LogP contribution in [-0.4, -0.2) is 25.0 Å². The Morgan fingerprint density at radius 1 is 1.24 bits per heavy atom. The fraction of sp³-hybridized carbons (Fsp3) is 0. The molecule has 0 amide bonds. The molecule has 1 aromatic carbocycles. The third kappa shape index (κ3) is 1.65. The highest BCUT2D eigenvalue weighted by Gasteiger charge is 2.08. The second-order valence-electron chi connectivity index (χ2n) is 3.56. The molecule has 2 heterocycles. The first kappa shape index (κ1) is 9.59. The van der Waals surface area contributed by atoms with Gasteiger partial charge in [0.1, 0.15) is 18.5 Å². The molecule has 0 spiro atoms. The van der Waals surface area contributed by atoms with Crippen molar-refractivity contribution in [3.05, 3.63) is 43.0 Å². The molecule has 17 heavy (non-hydrogen) atoms. The molecule has 3 rings (SSSR count). The molecule has 6 heteroatoms. The molecule has 3 aromatic rings. The predicted octanol–water partition coefficient (Wildman–Crippen LogP) is 1.24. The van der Waals surface area contributed by atoms with Gasteiger partial charge in [0.25, 0.3) is 0 Å². The number of nitrogen functional groups attached to an aromatic ring is 1. The van der Waals surface area contributed by atoms with E-state index in [1.807, 2.05) is 24.3 Å². The van der Waals surface area contributed by atoms with Crippen LogP contribution in [0.2, 0.25) is 0 Å². The standard InChI is InChI=1S/C11H10N6/c12-11-5-9(15-16-11)8-3-1-2-4-10(8)17-7-13-6-14-17/h1-7H,(H3,12,15,16). The predicted molar refractivity (Wildman–Crippen MR) is 63.4 cm³/mol. The van der Waals surface area contributed by atoms with Crippen molar-refractivity contribution in [3.63, 3.8) is 0 Å². The Bertz CT molecular complexity index is 625. The van der Waals surface area contributed by atoms with Gasteiger partial charge in [0.2, 0.25) is 0 Å². The maximum Gasteiger partial charge on any atom is 0.145 e. The van der Waals surface area contributed by atoms with Crippen molar-refractivity contribution in [1.29, 1.82) is 0 Å². The summed E-state index contributed by atoms with van der Waals surface area (Å²) in [6, 6.07) is 9.62. The molecule has 0 unspecified atom stereocenters. The van der Waals surface area contributed by atoms with E-state index in [-0.39, 0.29) is 0 Å². The highest BCUT2D eigenvalue weighted by atomic mass is 15.3. The summed E-state index contributed by atoms with van der Waals surface area (Å²) < 4.78 is 1.70. The Hall–Kier alpha value is -2.63. The van der Waals surface area contributed by atoms with Gasteiger partial charge in [-0.05, 0) is 6.07 Å². The van der Waals surface area contributed by atoms with Crippen molar-refractivity contribution in [2.45, 2.75) is 0 Å². The van der Waals surface area contributed by atoms with E-state index in [4.69, 9.17) is 5.73 Å². The Morgan fingerprint density at radius 3 is 2.82 bits per heavy atom. The third-order valence-electron chi connectivity index (χ3n) is 2.46. The summed E-state index contributed by atoms with van der Waals surface area (Å²) in [7, 11) is 0. The lowest BCUT2D eigenvalue weighted by atomic mass is 10.1. The van der Waals surface area contributed by atoms with Gasteiger partial charge in [-0.15, -0.1) is 0 Å². The second kappa shape index (κ2) is 3.75. The maximum absolute atomic E-state index is 5.61. The molecule has 0 radical (unpaired) electrons. The molecule has 6 nitrogen and oxygen atoms in total. The zero-order valence-electron chi connectivity index (χ0n) is 8.91. The molecule has 0 atom stereocenters. The second-order valence-corrected chi connectivity index (χ2v) is 3.56. The number of anilines is 1. The summed E-state index contributed by atoms with van der Waals surface area (Å²) in [6.45, 7) is 0. The average Bonchev–Trinajstić information content (AvgIpc) is 3.00. The number of hydrogen-bond donors (Lipinski definition) is 2. The first-order chi connectivity index (χ1) is 8.34. The van der Waals surface area contributed by atoms with Crippen LogP contribution in [0.25, 0.3) is 16.9 Å². The maximum atomic E-state index is 5.61. The van der Waals surface area contributed by atoms with Crippen LogP contribution < -0.4 is 5.73 Å². The van der Waals surface area contributed by atoms with Crippen LogP contribution in [-0.2, 0) is 0 Å². The van der Waals surface area contributed by atoms with Crippen molar-refractivity contribution in [1.82, 2.24) is 25.0 Å². The molecule has 0 fully saturated rings. The Labute approximate surface area is 97.1 Å². The quantitative estimate of drug-likeness (QED) is 0.688. The van der Waals surface area contributed by atoms with Crippen molar-refractivity contribution in [2.75, 3.05) is 5.73 Å². The van der Waals surface area contributed by atoms with Gasteiger partial charge in [-0.3, -0.25) is 5.10 Å². The lowest BCUT2D eigenvalue weighted by Crippen LogP contribution is -1.97. The zero-order chi connectivity index (χ0) is 11.7. The number of para-hydroxylation sites is 1. The third-order valence-corrected chi connectivity index (χ3v) is 2.46. The summed E-state index contributed by atoms with van der Waals surface area (Å²) >= 11 is 0. The Morgan fingerprint density at radius 2 is 2.12 bits per heavy atom. The molecule has 0 aliphatic rings. The molecule has 0 aliphatic heterocycles. The van der Waals surface area contributed by atoms with Gasteiger partial charge in [-0.1, -0.05) is 18.2 Å². The number of nitrogens with one attached hydrogen (secondary N) is 1. The minimum Gasteiger partial charge on any atom is -0.382 e. The molecule has 84 valence electrons. The van der Waals surface area contributed by atoms with E-state index in [0.29, 0.717) is 5.82 Å². The van der Waals surface area contributed by atoms with E-state index in [1.54, 1.807) is 17.1 Å². The molecular formula is C11H10N6. The largest absolute Gasteiger partial charge is 0.382 e. The number of rotatable bonds is 2. The van der Waals surface area contributed by atoms with E-state index in [0.717, 1.165) is 16.9 Å². The van der Waals surface area contributed by atoms with Crippen molar-refractivity contribution in [3.8, 4) is 16.9 Å². The van der Waals surface area contributed by atoms with Crippen molar-refractivity contribution in [2.24, 2.45) is 0 Å². The van der Waals surface area contributed by atoms with Crippen LogP contribution in [0.3, 0.4) is 0 Å². The van der Waals surface area contributed by atoms with Gasteiger partial charge >= 0.3 is 0 Å². The summed E-state index contributed by atoms with van der Waals surface area (Å²) in [4.78, 5) is 3.94. The highest BCUT2D eigenvalue weighted by molar-refractivity contribution is 5.71. The number of aromatic amines is 1. The number of nitrogens with zero attached hydrogens (tertiary/aromatic N) is 4. The van der Waals surface area contributed by atoms with Crippen LogP contribution in [0.15, 0.2) is 43.0 Å². The minimum atomic E-state index is 0.466. The normalized spacial score (nSPS) is 10.6. The Kier molecular flexibility index (Phi) is 2.11. The monoisotopic (exact) mass is 226 g/mol. The van der Waals surface area contributed by atoms with Crippen LogP contribution in [0.1, 0.15) is 0 Å². The molecule has 0 saturated carbocycles. The summed E-state index contributed by atoms with van der Waals surface area (Å²) in [5, 5.41) is 10.9. The van der Waals surface area contributed by atoms with Crippen LogP contribution in [0.4, 0.5) is 5.82 Å². The SMILES string of the molecule is Nc1cc(-c2ccccc2-n2cncn2)[nH]n1. The van der Waals surface area contributed by atoms with E-state index in [2.05, 4.69) is 20.3 Å². The average molecular weight is 226 g/mol. The fourth-order valence-corrected chi connectivity index (χ4v) is 1.71. The van der Waals surface area contributed by atoms with Crippen molar-refractivity contribution >= 4 is 5.82 Å². The lowest BCUT2D eigenvalue weighted by Gasteiger charge is -2.06. The highest BCUT2D eigenvalue weighted by Crippen LogP contribution is 2.25. The lowest BCUT2D eigenvalue weighted by molar-refractivity contribution is 0.879. The summed E-state index contributed by atoms with van der Waals surface area (Å²) in [6.07, 6.45) is 3.15. The number of aromatic nitrogens is 5. The molecule has 0 saturated heterocycles. The number of H-pyrrole nitrogens is 1. The molecular weight excluding hydrogens is 216 g/mol. The molecule has 0 aliphatic carbocycles. The molecule has 3 N–H and O–H groups in total. The van der Waals surface area contributed by atoms with E-state index in [9.17, 15) is 0 Å². The van der Waals surface area contributed by atoms with E-state index < -0.39 is 0 Å². The van der Waals surface area contributed by atoms with Crippen LogP contribution in [0, 0.1) is 0 Å².